The predicted octanol–water partition coefficient (Wildman–Crippen LogP) is 3.74. The lowest BCUT2D eigenvalue weighted by Gasteiger charge is -2.04. The second kappa shape index (κ2) is 3.46. The van der Waals surface area contributed by atoms with Crippen molar-refractivity contribution in [3.05, 3.63) is 40.1 Å². The fourth-order valence-corrected chi connectivity index (χ4v) is 2.24. The maximum atomic E-state index is 9.74. The molecule has 0 aliphatic carbocycles. The van der Waals surface area contributed by atoms with Gasteiger partial charge in [0, 0.05) is 10.4 Å². The molecule has 2 rings (SSSR count). The fraction of sp³-hybridized carbons (Fsp3) is 0.167. The summed E-state index contributed by atoms with van der Waals surface area (Å²) in [6, 6.07) is 7.74. The van der Waals surface area contributed by atoms with Crippen molar-refractivity contribution in [2.45, 2.75) is 13.8 Å². The summed E-state index contributed by atoms with van der Waals surface area (Å²) in [6.45, 7) is 4.10. The molecule has 2 aromatic rings. The highest BCUT2D eigenvalue weighted by Gasteiger charge is 2.07. The highest BCUT2D eigenvalue weighted by atomic mass is 32.1. The van der Waals surface area contributed by atoms with Gasteiger partial charge in [0.1, 0.15) is 5.75 Å². The number of hydrogen-bond acceptors (Lipinski definition) is 2. The molecule has 1 aromatic carbocycles. The molecule has 0 radical (unpaired) electrons. The van der Waals surface area contributed by atoms with E-state index >= 15 is 0 Å². The quantitative estimate of drug-likeness (QED) is 0.750. The number of aryl methyl sites for hydroxylation is 2. The monoisotopic (exact) mass is 204 g/mol. The second-order valence-electron chi connectivity index (χ2n) is 3.41. The molecular weight excluding hydrogens is 192 g/mol. The van der Waals surface area contributed by atoms with E-state index in [1.54, 1.807) is 17.4 Å². The van der Waals surface area contributed by atoms with Gasteiger partial charge in [-0.1, -0.05) is 11.6 Å². The Balaban J connectivity index is 2.62. The maximum absolute atomic E-state index is 9.74. The minimum absolute atomic E-state index is 0.358. The Hall–Kier alpha value is -1.28. The van der Waals surface area contributed by atoms with E-state index in [0.717, 1.165) is 11.1 Å². The van der Waals surface area contributed by atoms with Crippen LogP contribution in [0.2, 0.25) is 0 Å². The van der Waals surface area contributed by atoms with Crippen LogP contribution in [0.1, 0.15) is 10.4 Å². The van der Waals surface area contributed by atoms with E-state index in [-0.39, 0.29) is 0 Å². The zero-order valence-electron chi connectivity index (χ0n) is 8.24. The summed E-state index contributed by atoms with van der Waals surface area (Å²) in [5, 5.41) is 11.8. The molecule has 14 heavy (non-hydrogen) atoms. The van der Waals surface area contributed by atoms with Crippen molar-refractivity contribution in [2.75, 3.05) is 0 Å². The molecule has 0 fully saturated rings. The Bertz CT molecular complexity index is 457. The molecule has 0 unspecified atom stereocenters. The molecule has 0 bridgehead atoms. The van der Waals surface area contributed by atoms with Gasteiger partial charge in [-0.05, 0) is 43.0 Å². The molecule has 2 heteroatoms. The number of hydrogen-bond donors (Lipinski definition) is 1. The number of thiophene rings is 1. The Morgan fingerprint density at radius 1 is 1.07 bits per heavy atom. The van der Waals surface area contributed by atoms with Crippen molar-refractivity contribution in [1.82, 2.24) is 0 Å². The van der Waals surface area contributed by atoms with Gasteiger partial charge in [0.05, 0.1) is 0 Å². The highest BCUT2D eigenvalue weighted by Crippen LogP contribution is 2.34. The van der Waals surface area contributed by atoms with Crippen LogP contribution in [-0.2, 0) is 0 Å². The number of phenols is 1. The standard InChI is InChI=1S/C12H12OS/c1-8-3-4-12(13)11(7-8)10-5-6-14-9(10)2/h3-7,13H,1-2H3. The van der Waals surface area contributed by atoms with E-state index in [0.29, 0.717) is 5.75 Å². The number of aromatic hydroxyl groups is 1. The molecule has 0 saturated carbocycles. The topological polar surface area (TPSA) is 20.2 Å². The summed E-state index contributed by atoms with van der Waals surface area (Å²) >= 11 is 1.70. The summed E-state index contributed by atoms with van der Waals surface area (Å²) < 4.78 is 0. The van der Waals surface area contributed by atoms with E-state index in [4.69, 9.17) is 0 Å². The lowest BCUT2D eigenvalue weighted by Crippen LogP contribution is -1.80. The lowest BCUT2D eigenvalue weighted by atomic mass is 10.0. The highest BCUT2D eigenvalue weighted by molar-refractivity contribution is 7.10. The van der Waals surface area contributed by atoms with Crippen LogP contribution in [0.25, 0.3) is 11.1 Å². The van der Waals surface area contributed by atoms with Gasteiger partial charge in [-0.3, -0.25) is 0 Å². The van der Waals surface area contributed by atoms with Crippen LogP contribution >= 0.6 is 11.3 Å². The van der Waals surface area contributed by atoms with E-state index < -0.39 is 0 Å². The normalized spacial score (nSPS) is 10.4. The minimum atomic E-state index is 0.358. The SMILES string of the molecule is Cc1ccc(O)c(-c2ccsc2C)c1. The van der Waals surface area contributed by atoms with Crippen LogP contribution in [0.15, 0.2) is 29.6 Å². The van der Waals surface area contributed by atoms with Crippen molar-refractivity contribution >= 4 is 11.3 Å². The second-order valence-corrected chi connectivity index (χ2v) is 4.53. The van der Waals surface area contributed by atoms with Crippen molar-refractivity contribution in [2.24, 2.45) is 0 Å². The maximum Gasteiger partial charge on any atom is 0.123 e. The van der Waals surface area contributed by atoms with Crippen LogP contribution in [0.5, 0.6) is 5.75 Å². The molecule has 72 valence electrons. The lowest BCUT2D eigenvalue weighted by molar-refractivity contribution is 0.477. The van der Waals surface area contributed by atoms with Crippen LogP contribution < -0.4 is 0 Å². The smallest absolute Gasteiger partial charge is 0.123 e. The van der Waals surface area contributed by atoms with E-state index in [1.165, 1.54) is 10.4 Å². The summed E-state index contributed by atoms with van der Waals surface area (Å²) in [4.78, 5) is 1.24. The van der Waals surface area contributed by atoms with Crippen LogP contribution in [0.4, 0.5) is 0 Å². The molecular formula is C12H12OS. The Kier molecular flexibility index (Phi) is 2.30. The first-order valence-corrected chi connectivity index (χ1v) is 5.40. The number of benzene rings is 1. The van der Waals surface area contributed by atoms with E-state index in [1.807, 2.05) is 24.4 Å². The Morgan fingerprint density at radius 2 is 1.86 bits per heavy atom. The van der Waals surface area contributed by atoms with Gasteiger partial charge >= 0.3 is 0 Å². The molecule has 0 spiro atoms. The first kappa shape index (κ1) is 9.28. The van der Waals surface area contributed by atoms with Gasteiger partial charge in [0.15, 0.2) is 0 Å². The molecule has 1 N–H and O–H groups in total. The summed E-state index contributed by atoms with van der Waals surface area (Å²) in [7, 11) is 0. The van der Waals surface area contributed by atoms with E-state index in [2.05, 4.69) is 13.0 Å². The first-order chi connectivity index (χ1) is 6.68. The largest absolute Gasteiger partial charge is 0.507 e. The molecule has 0 aliphatic heterocycles. The average Bonchev–Trinajstić information content (AvgIpc) is 2.56. The van der Waals surface area contributed by atoms with Gasteiger partial charge in [-0.25, -0.2) is 0 Å². The van der Waals surface area contributed by atoms with E-state index in [9.17, 15) is 5.11 Å². The van der Waals surface area contributed by atoms with Gasteiger partial charge in [-0.2, -0.15) is 0 Å². The molecule has 0 aliphatic rings. The summed E-state index contributed by atoms with van der Waals surface area (Å²) in [6.07, 6.45) is 0. The summed E-state index contributed by atoms with van der Waals surface area (Å²) in [5.74, 6) is 0.358. The minimum Gasteiger partial charge on any atom is -0.507 e. The Labute approximate surface area is 87.7 Å². The Morgan fingerprint density at radius 3 is 2.50 bits per heavy atom. The van der Waals surface area contributed by atoms with Crippen LogP contribution in [-0.4, -0.2) is 5.11 Å². The van der Waals surface area contributed by atoms with Crippen LogP contribution in [0.3, 0.4) is 0 Å². The third-order valence-electron chi connectivity index (χ3n) is 2.30. The van der Waals surface area contributed by atoms with Gasteiger partial charge in [0.2, 0.25) is 0 Å². The fourth-order valence-electron chi connectivity index (χ4n) is 1.53. The molecule has 1 heterocycles. The van der Waals surface area contributed by atoms with Crippen molar-refractivity contribution in [3.8, 4) is 16.9 Å². The molecule has 0 atom stereocenters. The molecule has 1 nitrogen and oxygen atoms in total. The predicted molar refractivity (Wildman–Crippen MR) is 60.9 cm³/mol. The zero-order chi connectivity index (χ0) is 10.1. The van der Waals surface area contributed by atoms with Crippen LogP contribution in [0, 0.1) is 13.8 Å². The van der Waals surface area contributed by atoms with Crippen molar-refractivity contribution < 1.29 is 5.11 Å². The van der Waals surface area contributed by atoms with Crippen molar-refractivity contribution in [1.29, 1.82) is 0 Å². The third-order valence-corrected chi connectivity index (χ3v) is 3.15. The first-order valence-electron chi connectivity index (χ1n) is 4.52. The van der Waals surface area contributed by atoms with Gasteiger partial charge < -0.3 is 5.11 Å². The van der Waals surface area contributed by atoms with Gasteiger partial charge in [0.25, 0.3) is 0 Å². The molecule has 0 saturated heterocycles. The number of phenolic OH excluding ortho intramolecular Hbond substituents is 1. The number of rotatable bonds is 1. The average molecular weight is 204 g/mol. The third kappa shape index (κ3) is 1.53. The zero-order valence-corrected chi connectivity index (χ0v) is 9.06. The van der Waals surface area contributed by atoms with Crippen molar-refractivity contribution in [3.63, 3.8) is 0 Å². The molecule has 1 aromatic heterocycles. The van der Waals surface area contributed by atoms with Gasteiger partial charge in [-0.15, -0.1) is 11.3 Å². The summed E-state index contributed by atoms with van der Waals surface area (Å²) in [5.41, 5.74) is 3.24. The molecule has 0 amide bonds.